The number of rotatable bonds is 2. The zero-order valence-electron chi connectivity index (χ0n) is 9.47. The standard InChI is InChI=1S/C14H12N2O/c1-10-5-7-11(8-6-10)17-14-4-2-3-13-12(14)9-15-16-13/h2-9H,1H3,(H,15,16). The van der Waals surface area contributed by atoms with Crippen molar-refractivity contribution in [1.82, 2.24) is 10.2 Å². The summed E-state index contributed by atoms with van der Waals surface area (Å²) >= 11 is 0. The molecule has 0 fully saturated rings. The number of fused-ring (bicyclic) bond motifs is 1. The first-order chi connectivity index (χ1) is 8.33. The largest absolute Gasteiger partial charge is 0.457 e. The molecular formula is C14H12N2O. The smallest absolute Gasteiger partial charge is 0.138 e. The normalized spacial score (nSPS) is 10.6. The van der Waals surface area contributed by atoms with Crippen molar-refractivity contribution in [3.63, 3.8) is 0 Å². The Hall–Kier alpha value is -2.29. The van der Waals surface area contributed by atoms with Crippen LogP contribution in [0, 0.1) is 6.92 Å². The third-order valence-corrected chi connectivity index (χ3v) is 2.69. The average molecular weight is 224 g/mol. The molecule has 0 radical (unpaired) electrons. The number of H-pyrrole nitrogens is 1. The molecule has 3 rings (SSSR count). The molecule has 0 saturated heterocycles. The molecule has 0 bridgehead atoms. The third-order valence-electron chi connectivity index (χ3n) is 2.69. The number of hydrogen-bond donors (Lipinski definition) is 1. The van der Waals surface area contributed by atoms with Crippen molar-refractivity contribution in [3.05, 3.63) is 54.2 Å². The van der Waals surface area contributed by atoms with E-state index >= 15 is 0 Å². The van der Waals surface area contributed by atoms with Crippen LogP contribution in [0.25, 0.3) is 10.9 Å². The number of aromatic nitrogens is 2. The number of nitrogens with one attached hydrogen (secondary N) is 1. The van der Waals surface area contributed by atoms with Crippen LogP contribution in [0.5, 0.6) is 11.5 Å². The lowest BCUT2D eigenvalue weighted by Crippen LogP contribution is -1.84. The van der Waals surface area contributed by atoms with Gasteiger partial charge in [0.1, 0.15) is 11.5 Å². The van der Waals surface area contributed by atoms with E-state index in [9.17, 15) is 0 Å². The molecule has 84 valence electrons. The highest BCUT2D eigenvalue weighted by Gasteiger charge is 2.04. The molecule has 0 atom stereocenters. The van der Waals surface area contributed by atoms with Gasteiger partial charge >= 0.3 is 0 Å². The first kappa shape index (κ1) is 9.90. The van der Waals surface area contributed by atoms with Crippen molar-refractivity contribution in [2.24, 2.45) is 0 Å². The number of ether oxygens (including phenoxy) is 1. The summed E-state index contributed by atoms with van der Waals surface area (Å²) in [4.78, 5) is 0. The van der Waals surface area contributed by atoms with Crippen molar-refractivity contribution in [1.29, 1.82) is 0 Å². The molecule has 0 aliphatic carbocycles. The van der Waals surface area contributed by atoms with Gasteiger partial charge in [0.25, 0.3) is 0 Å². The summed E-state index contributed by atoms with van der Waals surface area (Å²) in [6.07, 6.45) is 1.78. The highest BCUT2D eigenvalue weighted by atomic mass is 16.5. The summed E-state index contributed by atoms with van der Waals surface area (Å²) in [5, 5.41) is 7.93. The monoisotopic (exact) mass is 224 g/mol. The quantitative estimate of drug-likeness (QED) is 0.721. The summed E-state index contributed by atoms with van der Waals surface area (Å²) in [7, 11) is 0. The Morgan fingerprint density at radius 1 is 1.06 bits per heavy atom. The maximum Gasteiger partial charge on any atom is 0.138 e. The molecule has 0 spiro atoms. The van der Waals surface area contributed by atoms with Crippen molar-refractivity contribution >= 4 is 10.9 Å². The Bertz CT molecular complexity index is 641. The molecule has 0 saturated carbocycles. The number of nitrogens with zero attached hydrogens (tertiary/aromatic N) is 1. The van der Waals surface area contributed by atoms with Gasteiger partial charge in [-0.15, -0.1) is 0 Å². The fourth-order valence-electron chi connectivity index (χ4n) is 1.76. The van der Waals surface area contributed by atoms with Crippen LogP contribution in [0.4, 0.5) is 0 Å². The SMILES string of the molecule is Cc1ccc(Oc2cccc3[nH]ncc23)cc1. The van der Waals surface area contributed by atoms with Crippen LogP contribution in [0.15, 0.2) is 48.7 Å². The summed E-state index contributed by atoms with van der Waals surface area (Å²) in [5.41, 5.74) is 2.20. The minimum absolute atomic E-state index is 0.820. The van der Waals surface area contributed by atoms with Gasteiger partial charge in [0.2, 0.25) is 0 Å². The fraction of sp³-hybridized carbons (Fsp3) is 0.0714. The topological polar surface area (TPSA) is 37.9 Å². The highest BCUT2D eigenvalue weighted by Crippen LogP contribution is 2.28. The van der Waals surface area contributed by atoms with Crippen molar-refractivity contribution < 1.29 is 4.74 Å². The Morgan fingerprint density at radius 2 is 1.88 bits per heavy atom. The van der Waals surface area contributed by atoms with Gasteiger partial charge in [-0.25, -0.2) is 0 Å². The first-order valence-corrected chi connectivity index (χ1v) is 5.49. The van der Waals surface area contributed by atoms with Crippen LogP contribution in [-0.2, 0) is 0 Å². The number of aryl methyl sites for hydroxylation is 1. The van der Waals surface area contributed by atoms with Crippen LogP contribution in [-0.4, -0.2) is 10.2 Å². The molecule has 3 heteroatoms. The molecule has 0 aliphatic heterocycles. The molecule has 0 amide bonds. The number of aromatic amines is 1. The Morgan fingerprint density at radius 3 is 2.71 bits per heavy atom. The minimum Gasteiger partial charge on any atom is -0.457 e. The fourth-order valence-corrected chi connectivity index (χ4v) is 1.76. The second-order valence-electron chi connectivity index (χ2n) is 4.00. The molecule has 2 aromatic carbocycles. The van der Waals surface area contributed by atoms with Gasteiger partial charge in [-0.1, -0.05) is 23.8 Å². The van der Waals surface area contributed by atoms with E-state index in [1.54, 1.807) is 6.20 Å². The molecule has 3 aromatic rings. The van der Waals surface area contributed by atoms with Crippen LogP contribution < -0.4 is 4.74 Å². The zero-order valence-corrected chi connectivity index (χ0v) is 9.47. The predicted molar refractivity (Wildman–Crippen MR) is 67.3 cm³/mol. The van der Waals surface area contributed by atoms with E-state index in [0.29, 0.717) is 0 Å². The van der Waals surface area contributed by atoms with Gasteiger partial charge in [-0.05, 0) is 31.2 Å². The lowest BCUT2D eigenvalue weighted by atomic mass is 10.2. The lowest BCUT2D eigenvalue weighted by Gasteiger charge is -2.06. The maximum atomic E-state index is 5.84. The van der Waals surface area contributed by atoms with Crippen molar-refractivity contribution in [2.75, 3.05) is 0 Å². The Kier molecular flexibility index (Phi) is 2.29. The van der Waals surface area contributed by atoms with Crippen molar-refractivity contribution in [3.8, 4) is 11.5 Å². The minimum atomic E-state index is 0.820. The molecular weight excluding hydrogens is 212 g/mol. The lowest BCUT2D eigenvalue weighted by molar-refractivity contribution is 0.488. The summed E-state index contributed by atoms with van der Waals surface area (Å²) in [6.45, 7) is 2.06. The average Bonchev–Trinajstić information content (AvgIpc) is 2.81. The molecule has 0 unspecified atom stereocenters. The predicted octanol–water partition coefficient (Wildman–Crippen LogP) is 3.66. The van der Waals surface area contributed by atoms with Crippen LogP contribution >= 0.6 is 0 Å². The van der Waals surface area contributed by atoms with Crippen LogP contribution in [0.1, 0.15) is 5.56 Å². The number of benzene rings is 2. The van der Waals surface area contributed by atoms with E-state index in [4.69, 9.17) is 4.74 Å². The summed E-state index contributed by atoms with van der Waals surface area (Å²) < 4.78 is 5.84. The molecule has 0 aliphatic rings. The molecule has 1 aromatic heterocycles. The van der Waals surface area contributed by atoms with Crippen molar-refractivity contribution in [2.45, 2.75) is 6.92 Å². The summed E-state index contributed by atoms with van der Waals surface area (Å²) in [6, 6.07) is 13.9. The van der Waals surface area contributed by atoms with Gasteiger partial charge in [0.05, 0.1) is 17.1 Å². The number of hydrogen-bond acceptors (Lipinski definition) is 2. The maximum absolute atomic E-state index is 5.84. The van der Waals surface area contributed by atoms with E-state index < -0.39 is 0 Å². The van der Waals surface area contributed by atoms with E-state index in [0.717, 1.165) is 22.4 Å². The molecule has 1 heterocycles. The van der Waals surface area contributed by atoms with E-state index in [2.05, 4.69) is 17.1 Å². The second-order valence-corrected chi connectivity index (χ2v) is 4.00. The first-order valence-electron chi connectivity index (χ1n) is 5.49. The van der Waals surface area contributed by atoms with Gasteiger partial charge in [-0.2, -0.15) is 5.10 Å². The highest BCUT2D eigenvalue weighted by molar-refractivity contribution is 5.84. The molecule has 1 N–H and O–H groups in total. The van der Waals surface area contributed by atoms with E-state index in [1.165, 1.54) is 5.56 Å². The van der Waals surface area contributed by atoms with Crippen LogP contribution in [0.2, 0.25) is 0 Å². The van der Waals surface area contributed by atoms with Gasteiger partial charge in [-0.3, -0.25) is 5.10 Å². The zero-order chi connectivity index (χ0) is 11.7. The summed E-state index contributed by atoms with van der Waals surface area (Å²) in [5.74, 6) is 1.66. The Balaban J connectivity index is 1.99. The molecule has 17 heavy (non-hydrogen) atoms. The Labute approximate surface area is 99.0 Å². The van der Waals surface area contributed by atoms with Gasteiger partial charge < -0.3 is 4.74 Å². The van der Waals surface area contributed by atoms with E-state index in [1.807, 2.05) is 42.5 Å². The van der Waals surface area contributed by atoms with Gasteiger partial charge in [0, 0.05) is 0 Å². The van der Waals surface area contributed by atoms with Crippen LogP contribution in [0.3, 0.4) is 0 Å². The third kappa shape index (κ3) is 1.87. The molecule has 3 nitrogen and oxygen atoms in total. The second kappa shape index (κ2) is 3.94. The van der Waals surface area contributed by atoms with Gasteiger partial charge in [0.15, 0.2) is 0 Å². The van der Waals surface area contributed by atoms with E-state index in [-0.39, 0.29) is 0 Å².